The SMILES string of the molecule is O=C1CC=Cc2c(-c3ccccc3)c(-c3ccc(Br)cc3)c3nc4ccccc4n3c21. The van der Waals surface area contributed by atoms with E-state index >= 15 is 0 Å². The molecule has 2 heterocycles. The molecule has 0 unspecified atom stereocenters. The topological polar surface area (TPSA) is 34.4 Å². The minimum absolute atomic E-state index is 0.116. The van der Waals surface area contributed by atoms with E-state index in [0.29, 0.717) is 12.1 Å². The van der Waals surface area contributed by atoms with E-state index in [1.165, 1.54) is 0 Å². The number of fused-ring (bicyclic) bond motifs is 5. The maximum atomic E-state index is 13.2. The molecule has 0 saturated heterocycles. The molecule has 4 heteroatoms. The van der Waals surface area contributed by atoms with E-state index in [1.54, 1.807) is 0 Å². The van der Waals surface area contributed by atoms with Crippen molar-refractivity contribution in [2.24, 2.45) is 0 Å². The average molecular weight is 465 g/mol. The molecule has 148 valence electrons. The smallest absolute Gasteiger partial charge is 0.184 e. The summed E-state index contributed by atoms with van der Waals surface area (Å²) in [4.78, 5) is 18.2. The van der Waals surface area contributed by atoms with Crippen molar-refractivity contribution >= 4 is 44.5 Å². The number of carbonyl (C=O) groups is 1. The number of pyridine rings is 1. The molecule has 0 saturated carbocycles. The van der Waals surface area contributed by atoms with Crippen LogP contribution in [0.25, 0.3) is 45.0 Å². The fraction of sp³-hybridized carbons (Fsp3) is 0.0370. The van der Waals surface area contributed by atoms with Crippen LogP contribution in [0.5, 0.6) is 0 Å². The van der Waals surface area contributed by atoms with Gasteiger partial charge in [0.15, 0.2) is 5.78 Å². The lowest BCUT2D eigenvalue weighted by molar-refractivity contribution is 0.0989. The highest BCUT2D eigenvalue weighted by Crippen LogP contribution is 2.43. The fourth-order valence-electron chi connectivity index (χ4n) is 4.52. The van der Waals surface area contributed by atoms with E-state index < -0.39 is 0 Å². The van der Waals surface area contributed by atoms with Gasteiger partial charge < -0.3 is 0 Å². The average Bonchev–Trinajstić information content (AvgIpc) is 3.19. The first-order valence-corrected chi connectivity index (χ1v) is 11.0. The number of ketones is 1. The summed E-state index contributed by atoms with van der Waals surface area (Å²) in [5.74, 6) is 0.116. The van der Waals surface area contributed by atoms with Crippen molar-refractivity contribution in [1.29, 1.82) is 0 Å². The zero-order chi connectivity index (χ0) is 20.9. The molecule has 1 aliphatic carbocycles. The summed E-state index contributed by atoms with van der Waals surface area (Å²) in [6.07, 6.45) is 4.46. The number of hydrogen-bond donors (Lipinski definition) is 0. The highest BCUT2D eigenvalue weighted by molar-refractivity contribution is 9.10. The number of imidazole rings is 1. The van der Waals surface area contributed by atoms with Crippen molar-refractivity contribution in [2.45, 2.75) is 6.42 Å². The van der Waals surface area contributed by atoms with E-state index in [9.17, 15) is 4.79 Å². The van der Waals surface area contributed by atoms with Crippen LogP contribution < -0.4 is 0 Å². The number of nitrogens with zero attached hydrogens (tertiary/aromatic N) is 2. The lowest BCUT2D eigenvalue weighted by Crippen LogP contribution is -2.13. The molecular formula is C27H17BrN2O. The van der Waals surface area contributed by atoms with Crippen LogP contribution in [0.2, 0.25) is 0 Å². The second-order valence-corrected chi connectivity index (χ2v) is 8.59. The number of aromatic nitrogens is 2. The molecule has 2 aromatic heterocycles. The molecule has 3 aromatic carbocycles. The molecule has 0 atom stereocenters. The molecule has 3 nitrogen and oxygen atoms in total. The maximum Gasteiger partial charge on any atom is 0.184 e. The van der Waals surface area contributed by atoms with Crippen molar-refractivity contribution in [1.82, 2.24) is 9.38 Å². The highest BCUT2D eigenvalue weighted by Gasteiger charge is 2.27. The molecule has 6 rings (SSSR count). The minimum atomic E-state index is 0.116. The standard InChI is InChI=1S/C27H17BrN2O/c28-19-15-13-18(14-16-19)25-24(17-7-2-1-3-8-17)20-9-6-12-23(31)26(20)30-22-11-5-4-10-21(22)29-27(25)30/h1-11,13-16H,12H2. The van der Waals surface area contributed by atoms with Crippen LogP contribution in [-0.4, -0.2) is 15.2 Å². The Morgan fingerprint density at radius 2 is 1.52 bits per heavy atom. The Balaban J connectivity index is 1.89. The number of benzene rings is 3. The lowest BCUT2D eigenvalue weighted by Gasteiger charge is -2.21. The Hall–Kier alpha value is -3.50. The molecule has 0 bridgehead atoms. The van der Waals surface area contributed by atoms with E-state index in [1.807, 2.05) is 60.7 Å². The highest BCUT2D eigenvalue weighted by atomic mass is 79.9. The van der Waals surface area contributed by atoms with Crippen LogP contribution >= 0.6 is 15.9 Å². The molecule has 0 fully saturated rings. The Bertz CT molecular complexity index is 1510. The van der Waals surface area contributed by atoms with Gasteiger partial charge in [-0.1, -0.05) is 82.7 Å². The number of carbonyl (C=O) groups excluding carboxylic acids is 1. The summed E-state index contributed by atoms with van der Waals surface area (Å²) in [5, 5.41) is 0. The van der Waals surface area contributed by atoms with Crippen molar-refractivity contribution in [2.75, 3.05) is 0 Å². The number of allylic oxidation sites excluding steroid dienone is 1. The first-order valence-electron chi connectivity index (χ1n) is 10.2. The van der Waals surface area contributed by atoms with Gasteiger partial charge >= 0.3 is 0 Å². The molecule has 0 radical (unpaired) electrons. The van der Waals surface area contributed by atoms with E-state index in [-0.39, 0.29) is 5.78 Å². The largest absolute Gasteiger partial charge is 0.292 e. The molecular weight excluding hydrogens is 448 g/mol. The summed E-state index contributed by atoms with van der Waals surface area (Å²) < 4.78 is 3.08. The summed E-state index contributed by atoms with van der Waals surface area (Å²) >= 11 is 3.55. The normalized spacial score (nSPS) is 13.1. The van der Waals surface area contributed by atoms with Gasteiger partial charge in [-0.05, 0) is 35.4 Å². The van der Waals surface area contributed by atoms with Crippen LogP contribution in [0.15, 0.2) is 89.4 Å². The van der Waals surface area contributed by atoms with Gasteiger partial charge in [-0.2, -0.15) is 0 Å². The monoisotopic (exact) mass is 464 g/mol. The quantitative estimate of drug-likeness (QED) is 0.277. The Kier molecular flexibility index (Phi) is 4.15. The van der Waals surface area contributed by atoms with Crippen LogP contribution in [0.4, 0.5) is 0 Å². The molecule has 0 aliphatic heterocycles. The zero-order valence-corrected chi connectivity index (χ0v) is 18.1. The second-order valence-electron chi connectivity index (χ2n) is 7.67. The predicted molar refractivity (Wildman–Crippen MR) is 129 cm³/mol. The van der Waals surface area contributed by atoms with Gasteiger partial charge in [0.2, 0.25) is 0 Å². The molecule has 1 aliphatic rings. The van der Waals surface area contributed by atoms with Gasteiger partial charge in [0.25, 0.3) is 0 Å². The first kappa shape index (κ1) is 18.3. The molecule has 0 N–H and O–H groups in total. The summed E-state index contributed by atoms with van der Waals surface area (Å²) in [5.41, 5.74) is 8.54. The lowest BCUT2D eigenvalue weighted by atomic mass is 9.87. The van der Waals surface area contributed by atoms with Crippen LogP contribution in [-0.2, 0) is 0 Å². The fourth-order valence-corrected chi connectivity index (χ4v) is 4.78. The van der Waals surface area contributed by atoms with Crippen molar-refractivity contribution in [3.05, 3.63) is 101 Å². The molecule has 31 heavy (non-hydrogen) atoms. The minimum Gasteiger partial charge on any atom is -0.292 e. The zero-order valence-electron chi connectivity index (χ0n) is 16.5. The summed E-state index contributed by atoms with van der Waals surface area (Å²) in [7, 11) is 0. The van der Waals surface area contributed by atoms with Crippen LogP contribution in [0, 0.1) is 0 Å². The van der Waals surface area contributed by atoms with Gasteiger partial charge in [-0.3, -0.25) is 9.20 Å². The van der Waals surface area contributed by atoms with Crippen molar-refractivity contribution < 1.29 is 4.79 Å². The van der Waals surface area contributed by atoms with Crippen LogP contribution in [0.3, 0.4) is 0 Å². The Morgan fingerprint density at radius 1 is 0.806 bits per heavy atom. The van der Waals surface area contributed by atoms with Crippen molar-refractivity contribution in [3.8, 4) is 22.3 Å². The number of hydrogen-bond acceptors (Lipinski definition) is 2. The van der Waals surface area contributed by atoms with Crippen molar-refractivity contribution in [3.63, 3.8) is 0 Å². The third-order valence-electron chi connectivity index (χ3n) is 5.83. The van der Waals surface area contributed by atoms with Gasteiger partial charge in [0, 0.05) is 27.6 Å². The third-order valence-corrected chi connectivity index (χ3v) is 6.36. The number of para-hydroxylation sites is 2. The summed E-state index contributed by atoms with van der Waals surface area (Å²) in [6, 6.07) is 26.6. The molecule has 0 spiro atoms. The molecule has 5 aromatic rings. The van der Waals surface area contributed by atoms with Gasteiger partial charge in [-0.25, -0.2) is 4.98 Å². The predicted octanol–water partition coefficient (Wildman–Crippen LogP) is 7.18. The maximum absolute atomic E-state index is 13.2. The van der Waals surface area contributed by atoms with Gasteiger partial charge in [0.1, 0.15) is 5.65 Å². The first-order chi connectivity index (χ1) is 15.2. The molecule has 0 amide bonds. The second kappa shape index (κ2) is 7.03. The number of Topliss-reactive ketones (excluding diaryl/α,β-unsaturated/α-hetero) is 1. The van der Waals surface area contributed by atoms with Gasteiger partial charge in [0.05, 0.1) is 16.7 Å². The van der Waals surface area contributed by atoms with E-state index in [4.69, 9.17) is 4.98 Å². The number of rotatable bonds is 2. The Morgan fingerprint density at radius 3 is 2.32 bits per heavy atom. The van der Waals surface area contributed by atoms with Gasteiger partial charge in [-0.15, -0.1) is 0 Å². The third kappa shape index (κ3) is 2.79. The van der Waals surface area contributed by atoms with E-state index in [0.717, 1.165) is 49.0 Å². The summed E-state index contributed by atoms with van der Waals surface area (Å²) in [6.45, 7) is 0. The van der Waals surface area contributed by atoms with E-state index in [2.05, 4.69) is 50.7 Å². The Labute approximate surface area is 187 Å². The number of halogens is 1. The van der Waals surface area contributed by atoms with Crippen LogP contribution in [0.1, 0.15) is 22.5 Å².